The van der Waals surface area contributed by atoms with Crippen LogP contribution in [-0.4, -0.2) is 111 Å². The van der Waals surface area contributed by atoms with Crippen molar-refractivity contribution < 1.29 is 61.6 Å². The molecule has 0 aliphatic carbocycles. The number of nitrogens with zero attached hydrogens (tertiary/aromatic N) is 4. The third kappa shape index (κ3) is 14.6. The van der Waals surface area contributed by atoms with Crippen molar-refractivity contribution in [2.75, 3.05) is 54.1 Å². The zero-order valence-corrected chi connectivity index (χ0v) is 52.0. The number of aromatic nitrogens is 4. The van der Waals surface area contributed by atoms with Crippen LogP contribution in [0, 0.1) is 0 Å². The first-order valence-corrected chi connectivity index (χ1v) is 30.6. The second-order valence-electron chi connectivity index (χ2n) is 22.3. The molecule has 2 aromatic heterocycles. The topological polar surface area (TPSA) is 176 Å². The minimum atomic E-state index is -1.07. The molecule has 8 atom stereocenters. The number of nitrogens with one attached hydrogen (secondary N) is 1. The Labute approximate surface area is 535 Å². The summed E-state index contributed by atoms with van der Waals surface area (Å²) in [7, 11) is 8.24. The van der Waals surface area contributed by atoms with Crippen LogP contribution >= 0.6 is 0 Å². The van der Waals surface area contributed by atoms with Crippen molar-refractivity contribution in [2.45, 2.75) is 87.7 Å². The van der Waals surface area contributed by atoms with E-state index >= 15 is 0 Å². The fraction of sp³-hybridized carbons (Fsp3) is 0.284. The molecule has 2 saturated heterocycles. The molecule has 474 valence electrons. The van der Waals surface area contributed by atoms with Gasteiger partial charge in [-0.1, -0.05) is 152 Å². The molecular weight excluding hydrogens is 1170 g/mol. The number of methoxy groups -OCH3 is 5. The Morgan fingerprint density at radius 3 is 1.39 bits per heavy atom. The summed E-state index contributed by atoms with van der Waals surface area (Å²) in [6, 6.07) is 69.5. The van der Waals surface area contributed by atoms with Crippen LogP contribution in [0.4, 0.5) is 5.82 Å². The molecular formula is C74H75N5O13. The van der Waals surface area contributed by atoms with Gasteiger partial charge in [-0.25, -0.2) is 15.0 Å². The summed E-state index contributed by atoms with van der Waals surface area (Å²) < 4.78 is 86.2. The molecule has 2 fully saturated rings. The second-order valence-corrected chi connectivity index (χ2v) is 22.3. The first-order chi connectivity index (χ1) is 45.3. The predicted molar refractivity (Wildman–Crippen MR) is 346 cm³/mol. The summed E-state index contributed by atoms with van der Waals surface area (Å²) >= 11 is 0. The monoisotopic (exact) mass is 1240 g/mol. The van der Waals surface area contributed by atoms with E-state index in [1.165, 1.54) is 6.33 Å². The average Bonchev–Trinajstić information content (AvgIpc) is 1.17. The molecule has 0 spiro atoms. The lowest BCUT2D eigenvalue weighted by atomic mass is 9.77. The van der Waals surface area contributed by atoms with Gasteiger partial charge in [-0.05, 0) is 105 Å². The maximum Gasteiger partial charge on any atom is 0.187 e. The number of imidazole rings is 1. The van der Waals surface area contributed by atoms with Crippen molar-refractivity contribution in [3.63, 3.8) is 0 Å². The van der Waals surface area contributed by atoms with Gasteiger partial charge in [-0.15, -0.1) is 0 Å². The van der Waals surface area contributed by atoms with Crippen LogP contribution in [0.5, 0.6) is 28.7 Å². The molecule has 0 radical (unpaired) electrons. The normalized spacial score (nSPS) is 19.8. The molecule has 2 aliphatic heterocycles. The van der Waals surface area contributed by atoms with Crippen molar-refractivity contribution in [3.8, 4) is 28.7 Å². The van der Waals surface area contributed by atoms with E-state index in [4.69, 9.17) is 76.5 Å². The molecule has 10 aromatic rings. The number of hydrogen-bond donors (Lipinski definition) is 1. The molecule has 4 heterocycles. The lowest BCUT2D eigenvalue weighted by molar-refractivity contribution is -0.317. The third-order valence-corrected chi connectivity index (χ3v) is 16.7. The molecule has 18 nitrogen and oxygen atoms in total. The van der Waals surface area contributed by atoms with Crippen LogP contribution in [0.15, 0.2) is 225 Å². The van der Waals surface area contributed by atoms with Crippen molar-refractivity contribution in [3.05, 3.63) is 269 Å². The SMILES string of the molecule is COc1ccc(CO[C@@H]2[C@H](OC3OC[C@@H](OCc4ccc(OC)cc4)[C@H](OCc4ccc(OC)cc4)[C@H]3OCc3ccccc3)[C@@H](COCc3ccccc3)O[C@H]2n2cnc3c(NC(c4ccccc4)(c4ccc(OC)cc4)c4ccc(OC)cc4)ncnc32)cc1. The van der Waals surface area contributed by atoms with Crippen LogP contribution in [-0.2, 0) is 76.5 Å². The minimum Gasteiger partial charge on any atom is -0.497 e. The van der Waals surface area contributed by atoms with E-state index in [-0.39, 0.29) is 39.6 Å². The standard InChI is InChI=1S/C74H75N5O13/c1-80-58-31-21-52(22-32-58)42-86-63-47-90-73(69(89-43-51-17-11-7-12-18-51)66(63)87-44-53-23-33-59(81-2)34-24-53)92-67-64(46-85-41-50-15-9-6-10-16-50)91-72(68(67)88-45-54-25-35-60(82-3)36-26-54)79-49-77-65-70(75-48-76-71(65)79)78-74(55-19-13-8-14-20-55,56-27-37-61(83-4)38-28-56)57-29-39-62(84-5)40-30-57/h6-40,48-49,63-64,66-69,72-73H,41-47H2,1-5H3,(H,75,76,78)/t63-,64-,66+,67-,68-,69-,72-,73?/m1/s1. The summed E-state index contributed by atoms with van der Waals surface area (Å²) in [5.74, 6) is 4.05. The van der Waals surface area contributed by atoms with Gasteiger partial charge in [0.25, 0.3) is 0 Å². The lowest BCUT2D eigenvalue weighted by Crippen LogP contribution is -2.58. The van der Waals surface area contributed by atoms with Gasteiger partial charge in [0.1, 0.15) is 77.2 Å². The average molecular weight is 1240 g/mol. The van der Waals surface area contributed by atoms with Crippen LogP contribution < -0.4 is 29.0 Å². The minimum absolute atomic E-state index is 0.0826. The van der Waals surface area contributed by atoms with E-state index in [1.807, 2.05) is 180 Å². The summed E-state index contributed by atoms with van der Waals surface area (Å²) in [5.41, 5.74) is 7.30. The number of fused-ring (bicyclic) bond motifs is 1. The Balaban J connectivity index is 0.943. The summed E-state index contributed by atoms with van der Waals surface area (Å²) in [6.45, 7) is 1.29. The predicted octanol–water partition coefficient (Wildman–Crippen LogP) is 12.5. The Bertz CT molecular complexity index is 3820. The van der Waals surface area contributed by atoms with Gasteiger partial charge in [-0.2, -0.15) is 0 Å². The fourth-order valence-corrected chi connectivity index (χ4v) is 11.7. The first kappa shape index (κ1) is 63.0. The van der Waals surface area contributed by atoms with E-state index in [0.717, 1.165) is 56.0 Å². The lowest BCUT2D eigenvalue weighted by Gasteiger charge is -2.43. The molecule has 18 heteroatoms. The van der Waals surface area contributed by atoms with Crippen LogP contribution in [0.3, 0.4) is 0 Å². The Morgan fingerprint density at radius 1 is 0.446 bits per heavy atom. The van der Waals surface area contributed by atoms with Crippen molar-refractivity contribution in [1.82, 2.24) is 19.5 Å². The van der Waals surface area contributed by atoms with Gasteiger partial charge in [-0.3, -0.25) is 4.57 Å². The van der Waals surface area contributed by atoms with Crippen molar-refractivity contribution in [2.24, 2.45) is 0 Å². The molecule has 92 heavy (non-hydrogen) atoms. The quantitative estimate of drug-likeness (QED) is 0.0438. The van der Waals surface area contributed by atoms with Gasteiger partial charge in [0, 0.05) is 0 Å². The highest BCUT2D eigenvalue weighted by molar-refractivity contribution is 5.84. The van der Waals surface area contributed by atoms with E-state index in [9.17, 15) is 0 Å². The van der Waals surface area contributed by atoms with Gasteiger partial charge < -0.3 is 66.9 Å². The molecule has 0 saturated carbocycles. The number of benzene rings is 8. The van der Waals surface area contributed by atoms with E-state index in [0.29, 0.717) is 40.8 Å². The smallest absolute Gasteiger partial charge is 0.187 e. The third-order valence-electron chi connectivity index (χ3n) is 16.7. The van der Waals surface area contributed by atoms with E-state index < -0.39 is 54.7 Å². The number of anilines is 1. The largest absolute Gasteiger partial charge is 0.497 e. The number of hydrogen-bond acceptors (Lipinski definition) is 17. The molecule has 1 N–H and O–H groups in total. The zero-order valence-electron chi connectivity index (χ0n) is 52.0. The molecule has 12 rings (SSSR count). The fourth-order valence-electron chi connectivity index (χ4n) is 11.7. The highest BCUT2D eigenvalue weighted by Gasteiger charge is 2.53. The zero-order chi connectivity index (χ0) is 63.1. The Morgan fingerprint density at radius 2 is 0.880 bits per heavy atom. The molecule has 0 bridgehead atoms. The van der Waals surface area contributed by atoms with Gasteiger partial charge in [0.15, 0.2) is 29.5 Å². The Kier molecular flexibility index (Phi) is 20.7. The summed E-state index contributed by atoms with van der Waals surface area (Å²) in [4.78, 5) is 15.1. The second kappa shape index (κ2) is 30.3. The molecule has 1 unspecified atom stereocenters. The first-order valence-electron chi connectivity index (χ1n) is 30.6. The van der Waals surface area contributed by atoms with Gasteiger partial charge in [0.2, 0.25) is 0 Å². The summed E-state index contributed by atoms with van der Waals surface area (Å²) in [6.07, 6.45) is -3.55. The number of rotatable bonds is 29. The van der Waals surface area contributed by atoms with Crippen LogP contribution in [0.2, 0.25) is 0 Å². The van der Waals surface area contributed by atoms with Gasteiger partial charge >= 0.3 is 0 Å². The maximum absolute atomic E-state index is 7.51. The summed E-state index contributed by atoms with van der Waals surface area (Å²) in [5, 5.41) is 3.93. The van der Waals surface area contributed by atoms with E-state index in [1.54, 1.807) is 41.9 Å². The van der Waals surface area contributed by atoms with Crippen molar-refractivity contribution in [1.29, 1.82) is 0 Å². The number of ether oxygens (including phenoxy) is 13. The van der Waals surface area contributed by atoms with Crippen LogP contribution in [0.25, 0.3) is 11.2 Å². The highest BCUT2D eigenvalue weighted by atomic mass is 16.7. The van der Waals surface area contributed by atoms with Crippen LogP contribution in [0.1, 0.15) is 50.7 Å². The van der Waals surface area contributed by atoms with Crippen molar-refractivity contribution >= 4 is 17.0 Å². The molecule has 2 aliphatic rings. The molecule has 0 amide bonds. The Hall–Kier alpha value is -9.21. The molecule has 8 aromatic carbocycles. The van der Waals surface area contributed by atoms with E-state index in [2.05, 4.69) is 41.7 Å². The highest BCUT2D eigenvalue weighted by Crippen LogP contribution is 2.44. The maximum atomic E-state index is 7.51. The van der Waals surface area contributed by atoms with Gasteiger partial charge in [0.05, 0.1) is 88.1 Å².